The number of pyridine rings is 2. The SMILES string of the molecule is Cc1ccc(C)c(Sc2ncccc2C(=O)Nc2ccncc2)c1. The number of carbonyl (C=O) groups is 1. The first-order valence-corrected chi connectivity index (χ1v) is 8.36. The first kappa shape index (κ1) is 16.2. The number of hydrogen-bond donors (Lipinski definition) is 1. The second-order valence-electron chi connectivity index (χ2n) is 5.42. The highest BCUT2D eigenvalue weighted by atomic mass is 32.2. The fourth-order valence-electron chi connectivity index (χ4n) is 2.20. The minimum Gasteiger partial charge on any atom is -0.322 e. The van der Waals surface area contributed by atoms with E-state index in [1.165, 1.54) is 17.3 Å². The molecule has 0 bridgehead atoms. The predicted molar refractivity (Wildman–Crippen MR) is 96.5 cm³/mol. The van der Waals surface area contributed by atoms with Gasteiger partial charge < -0.3 is 5.32 Å². The number of rotatable bonds is 4. The van der Waals surface area contributed by atoms with E-state index >= 15 is 0 Å². The molecule has 1 N–H and O–H groups in total. The van der Waals surface area contributed by atoms with Crippen LogP contribution in [0.4, 0.5) is 5.69 Å². The van der Waals surface area contributed by atoms with Crippen LogP contribution in [0.3, 0.4) is 0 Å². The Kier molecular flexibility index (Phi) is 4.91. The van der Waals surface area contributed by atoms with E-state index in [-0.39, 0.29) is 5.91 Å². The molecule has 0 fully saturated rings. The van der Waals surface area contributed by atoms with Crippen LogP contribution in [0.25, 0.3) is 0 Å². The van der Waals surface area contributed by atoms with Crippen molar-refractivity contribution in [2.45, 2.75) is 23.8 Å². The van der Waals surface area contributed by atoms with Crippen molar-refractivity contribution < 1.29 is 4.79 Å². The second-order valence-corrected chi connectivity index (χ2v) is 6.45. The molecule has 120 valence electrons. The number of nitrogens with zero attached hydrogens (tertiary/aromatic N) is 2. The summed E-state index contributed by atoms with van der Waals surface area (Å²) in [6.45, 7) is 4.11. The zero-order valence-corrected chi connectivity index (χ0v) is 14.3. The molecule has 0 aliphatic rings. The smallest absolute Gasteiger partial charge is 0.258 e. The Morgan fingerprint density at radius 3 is 2.62 bits per heavy atom. The summed E-state index contributed by atoms with van der Waals surface area (Å²) in [5.41, 5.74) is 3.61. The molecule has 1 amide bonds. The van der Waals surface area contributed by atoms with Gasteiger partial charge in [-0.25, -0.2) is 4.98 Å². The number of aromatic nitrogens is 2. The average molecular weight is 335 g/mol. The summed E-state index contributed by atoms with van der Waals surface area (Å²) in [5.74, 6) is -0.179. The summed E-state index contributed by atoms with van der Waals surface area (Å²) in [6.07, 6.45) is 4.99. The Labute approximate surface area is 145 Å². The van der Waals surface area contributed by atoms with Gasteiger partial charge in [-0.05, 0) is 55.3 Å². The summed E-state index contributed by atoms with van der Waals surface area (Å²) >= 11 is 1.51. The lowest BCUT2D eigenvalue weighted by molar-refractivity contribution is 0.102. The monoisotopic (exact) mass is 335 g/mol. The molecule has 3 aromatic rings. The van der Waals surface area contributed by atoms with E-state index in [4.69, 9.17) is 0 Å². The minimum absolute atomic E-state index is 0.179. The fraction of sp³-hybridized carbons (Fsp3) is 0.105. The molecule has 0 unspecified atom stereocenters. The number of amides is 1. The first-order valence-electron chi connectivity index (χ1n) is 7.55. The number of anilines is 1. The molecule has 5 heteroatoms. The maximum Gasteiger partial charge on any atom is 0.258 e. The fourth-order valence-corrected chi connectivity index (χ4v) is 3.27. The topological polar surface area (TPSA) is 54.9 Å². The molecule has 24 heavy (non-hydrogen) atoms. The van der Waals surface area contributed by atoms with Gasteiger partial charge in [0.25, 0.3) is 5.91 Å². The first-order chi connectivity index (χ1) is 11.6. The molecule has 0 aliphatic carbocycles. The third-order valence-corrected chi connectivity index (χ3v) is 4.68. The molecule has 2 heterocycles. The Balaban J connectivity index is 1.88. The van der Waals surface area contributed by atoms with Gasteiger partial charge in [0.05, 0.1) is 5.56 Å². The maximum atomic E-state index is 12.6. The van der Waals surface area contributed by atoms with Gasteiger partial charge in [-0.15, -0.1) is 0 Å². The summed E-state index contributed by atoms with van der Waals surface area (Å²) < 4.78 is 0. The van der Waals surface area contributed by atoms with E-state index in [0.29, 0.717) is 16.3 Å². The van der Waals surface area contributed by atoms with Gasteiger partial charge >= 0.3 is 0 Å². The molecule has 4 nitrogen and oxygen atoms in total. The standard InChI is InChI=1S/C19H17N3OS/c1-13-5-6-14(2)17(12-13)24-19-16(4-3-9-21-19)18(23)22-15-7-10-20-11-8-15/h3-12H,1-2H3,(H,20,22,23). The number of nitrogens with one attached hydrogen (secondary N) is 1. The highest BCUT2D eigenvalue weighted by Crippen LogP contribution is 2.32. The lowest BCUT2D eigenvalue weighted by atomic mass is 10.2. The molecule has 3 rings (SSSR count). The van der Waals surface area contributed by atoms with Gasteiger partial charge in [-0.1, -0.05) is 23.9 Å². The van der Waals surface area contributed by atoms with Crippen molar-refractivity contribution >= 4 is 23.4 Å². The Morgan fingerprint density at radius 1 is 1.04 bits per heavy atom. The highest BCUT2D eigenvalue weighted by molar-refractivity contribution is 7.99. The largest absolute Gasteiger partial charge is 0.322 e. The number of aryl methyl sites for hydroxylation is 2. The van der Waals surface area contributed by atoms with Gasteiger partial charge in [-0.3, -0.25) is 9.78 Å². The molecule has 0 saturated carbocycles. The molecule has 0 spiro atoms. The minimum atomic E-state index is -0.179. The summed E-state index contributed by atoms with van der Waals surface area (Å²) in [5, 5.41) is 3.57. The van der Waals surface area contributed by atoms with Crippen molar-refractivity contribution in [3.05, 3.63) is 77.7 Å². The lowest BCUT2D eigenvalue weighted by Gasteiger charge is -2.10. The third-order valence-electron chi connectivity index (χ3n) is 3.50. The molecular formula is C19H17N3OS. The van der Waals surface area contributed by atoms with Crippen LogP contribution in [0.5, 0.6) is 0 Å². The molecular weight excluding hydrogens is 318 g/mol. The molecule has 0 radical (unpaired) electrons. The van der Waals surface area contributed by atoms with Crippen molar-refractivity contribution in [3.63, 3.8) is 0 Å². The van der Waals surface area contributed by atoms with Crippen LogP contribution in [-0.4, -0.2) is 15.9 Å². The zero-order chi connectivity index (χ0) is 16.9. The van der Waals surface area contributed by atoms with Gasteiger partial charge in [0.1, 0.15) is 5.03 Å². The number of carbonyl (C=O) groups excluding carboxylic acids is 1. The summed E-state index contributed by atoms with van der Waals surface area (Å²) in [7, 11) is 0. The van der Waals surface area contributed by atoms with Gasteiger partial charge in [0.15, 0.2) is 0 Å². The van der Waals surface area contributed by atoms with Crippen molar-refractivity contribution in [3.8, 4) is 0 Å². The third kappa shape index (κ3) is 3.81. The van der Waals surface area contributed by atoms with E-state index in [9.17, 15) is 4.79 Å². The number of benzene rings is 1. The van der Waals surface area contributed by atoms with E-state index in [0.717, 1.165) is 10.5 Å². The van der Waals surface area contributed by atoms with Crippen LogP contribution in [0.1, 0.15) is 21.5 Å². The Morgan fingerprint density at radius 2 is 1.83 bits per heavy atom. The molecule has 1 aromatic carbocycles. The van der Waals surface area contributed by atoms with Crippen LogP contribution in [0.15, 0.2) is 71.0 Å². The summed E-state index contributed by atoms with van der Waals surface area (Å²) in [4.78, 5) is 22.0. The van der Waals surface area contributed by atoms with Gasteiger partial charge in [-0.2, -0.15) is 0 Å². The quantitative estimate of drug-likeness (QED) is 0.763. The predicted octanol–water partition coefficient (Wildman–Crippen LogP) is 4.50. The van der Waals surface area contributed by atoms with Gasteiger partial charge in [0.2, 0.25) is 0 Å². The Hall–Kier alpha value is -2.66. The normalized spacial score (nSPS) is 10.4. The molecule has 0 aliphatic heterocycles. The Bertz CT molecular complexity index is 865. The van der Waals surface area contributed by atoms with Crippen LogP contribution < -0.4 is 5.32 Å². The lowest BCUT2D eigenvalue weighted by Crippen LogP contribution is -2.13. The van der Waals surface area contributed by atoms with Crippen LogP contribution in [0.2, 0.25) is 0 Å². The van der Waals surface area contributed by atoms with Crippen molar-refractivity contribution in [2.24, 2.45) is 0 Å². The van der Waals surface area contributed by atoms with Crippen molar-refractivity contribution in [1.29, 1.82) is 0 Å². The molecule has 0 atom stereocenters. The van der Waals surface area contributed by atoms with Gasteiger partial charge in [0, 0.05) is 29.2 Å². The maximum absolute atomic E-state index is 12.6. The second kappa shape index (κ2) is 7.27. The van der Waals surface area contributed by atoms with Crippen LogP contribution >= 0.6 is 11.8 Å². The highest BCUT2D eigenvalue weighted by Gasteiger charge is 2.14. The van der Waals surface area contributed by atoms with E-state index in [1.807, 2.05) is 0 Å². The zero-order valence-electron chi connectivity index (χ0n) is 13.5. The van der Waals surface area contributed by atoms with E-state index in [2.05, 4.69) is 47.3 Å². The van der Waals surface area contributed by atoms with E-state index in [1.54, 1.807) is 42.9 Å². The summed E-state index contributed by atoms with van der Waals surface area (Å²) in [6, 6.07) is 13.3. The van der Waals surface area contributed by atoms with Crippen molar-refractivity contribution in [1.82, 2.24) is 9.97 Å². The molecule has 2 aromatic heterocycles. The number of hydrogen-bond acceptors (Lipinski definition) is 4. The van der Waals surface area contributed by atoms with Crippen LogP contribution in [0, 0.1) is 13.8 Å². The van der Waals surface area contributed by atoms with Crippen molar-refractivity contribution in [2.75, 3.05) is 5.32 Å². The average Bonchev–Trinajstić information content (AvgIpc) is 2.59. The molecule has 0 saturated heterocycles. The van der Waals surface area contributed by atoms with E-state index < -0.39 is 0 Å². The van der Waals surface area contributed by atoms with Crippen LogP contribution in [-0.2, 0) is 0 Å².